The van der Waals surface area contributed by atoms with E-state index in [2.05, 4.69) is 5.32 Å². The average molecular weight is 332 g/mol. The van der Waals surface area contributed by atoms with E-state index in [9.17, 15) is 9.59 Å². The minimum absolute atomic E-state index is 0.0232. The van der Waals surface area contributed by atoms with Gasteiger partial charge in [0.05, 0.1) is 19.1 Å². The molecular formula is C18H24N2O4. The van der Waals surface area contributed by atoms with Crippen LogP contribution in [-0.4, -0.2) is 49.6 Å². The van der Waals surface area contributed by atoms with Crippen LogP contribution in [-0.2, 0) is 20.9 Å². The van der Waals surface area contributed by atoms with Gasteiger partial charge in [-0.3, -0.25) is 9.59 Å². The fraction of sp³-hybridized carbons (Fsp3) is 0.556. The van der Waals surface area contributed by atoms with Crippen LogP contribution in [0.15, 0.2) is 24.3 Å². The predicted octanol–water partition coefficient (Wildman–Crippen LogP) is 1.34. The molecule has 0 bridgehead atoms. The van der Waals surface area contributed by atoms with Crippen molar-refractivity contribution in [3.8, 4) is 5.75 Å². The largest absolute Gasteiger partial charge is 0.497 e. The summed E-state index contributed by atoms with van der Waals surface area (Å²) in [6.07, 6.45) is 2.45. The van der Waals surface area contributed by atoms with Crippen LogP contribution in [0, 0.1) is 5.92 Å². The lowest BCUT2D eigenvalue weighted by atomic mass is 10.1. The Labute approximate surface area is 142 Å². The first-order valence-electron chi connectivity index (χ1n) is 8.45. The molecule has 24 heavy (non-hydrogen) atoms. The molecule has 6 heteroatoms. The molecule has 2 aliphatic heterocycles. The molecule has 2 heterocycles. The monoisotopic (exact) mass is 332 g/mol. The van der Waals surface area contributed by atoms with Crippen molar-refractivity contribution in [2.45, 2.75) is 31.9 Å². The van der Waals surface area contributed by atoms with Gasteiger partial charge in [-0.1, -0.05) is 12.1 Å². The summed E-state index contributed by atoms with van der Waals surface area (Å²) in [5.74, 6) is 0.469. The molecule has 1 N–H and O–H groups in total. The van der Waals surface area contributed by atoms with Crippen LogP contribution in [0.1, 0.15) is 24.8 Å². The van der Waals surface area contributed by atoms with Gasteiger partial charge in [0.25, 0.3) is 0 Å². The van der Waals surface area contributed by atoms with Gasteiger partial charge in [0, 0.05) is 32.7 Å². The zero-order valence-electron chi connectivity index (χ0n) is 14.0. The molecule has 2 fully saturated rings. The zero-order valence-corrected chi connectivity index (χ0v) is 14.0. The maximum Gasteiger partial charge on any atom is 0.225 e. The Balaban J connectivity index is 1.51. The maximum atomic E-state index is 12.3. The second kappa shape index (κ2) is 7.66. The van der Waals surface area contributed by atoms with Gasteiger partial charge >= 0.3 is 0 Å². The lowest BCUT2D eigenvalue weighted by Crippen LogP contribution is -2.37. The SMILES string of the molecule is COc1cccc(CN2C[C@H](C(=O)NC[C@@H]3CCCO3)CC2=O)c1. The first-order valence-corrected chi connectivity index (χ1v) is 8.45. The summed E-state index contributed by atoms with van der Waals surface area (Å²) in [7, 11) is 1.62. The van der Waals surface area contributed by atoms with Crippen LogP contribution in [0.25, 0.3) is 0 Å². The highest BCUT2D eigenvalue weighted by Gasteiger charge is 2.34. The first-order chi connectivity index (χ1) is 11.7. The Hall–Kier alpha value is -2.08. The van der Waals surface area contributed by atoms with Crippen molar-refractivity contribution in [2.24, 2.45) is 5.92 Å². The molecule has 1 aromatic carbocycles. The maximum absolute atomic E-state index is 12.3. The average Bonchev–Trinajstić information content (AvgIpc) is 3.23. The number of carbonyl (C=O) groups is 2. The smallest absolute Gasteiger partial charge is 0.225 e. The molecule has 6 nitrogen and oxygen atoms in total. The molecule has 0 spiro atoms. The van der Waals surface area contributed by atoms with Gasteiger partial charge in [-0.25, -0.2) is 0 Å². The van der Waals surface area contributed by atoms with Gasteiger partial charge in [-0.15, -0.1) is 0 Å². The van der Waals surface area contributed by atoms with Gasteiger partial charge in [0.2, 0.25) is 11.8 Å². The standard InChI is InChI=1S/C18H24N2O4/c1-23-15-5-2-4-13(8-15)11-20-12-14(9-17(20)21)18(22)19-10-16-6-3-7-24-16/h2,4-5,8,14,16H,3,6-7,9-12H2,1H3,(H,19,22)/t14-,16+/m1/s1. The minimum Gasteiger partial charge on any atom is -0.497 e. The van der Waals surface area contributed by atoms with Gasteiger partial charge < -0.3 is 19.7 Å². The highest BCUT2D eigenvalue weighted by molar-refractivity contribution is 5.89. The molecule has 0 radical (unpaired) electrons. The number of hydrogen-bond donors (Lipinski definition) is 1. The molecule has 0 aliphatic carbocycles. The molecule has 0 aromatic heterocycles. The first kappa shape index (κ1) is 16.8. The summed E-state index contributed by atoms with van der Waals surface area (Å²) >= 11 is 0. The van der Waals surface area contributed by atoms with E-state index in [0.717, 1.165) is 30.8 Å². The number of likely N-dealkylation sites (tertiary alicyclic amines) is 1. The van der Waals surface area contributed by atoms with Crippen molar-refractivity contribution in [2.75, 3.05) is 26.8 Å². The summed E-state index contributed by atoms with van der Waals surface area (Å²) in [6.45, 7) is 2.29. The topological polar surface area (TPSA) is 67.9 Å². The van der Waals surface area contributed by atoms with E-state index < -0.39 is 0 Å². The summed E-state index contributed by atoms with van der Waals surface area (Å²) in [5.41, 5.74) is 1.00. The molecule has 2 saturated heterocycles. The Morgan fingerprint density at radius 3 is 3.08 bits per heavy atom. The van der Waals surface area contributed by atoms with E-state index in [1.807, 2.05) is 24.3 Å². The van der Waals surface area contributed by atoms with Crippen LogP contribution in [0.4, 0.5) is 0 Å². The van der Waals surface area contributed by atoms with Crippen LogP contribution >= 0.6 is 0 Å². The number of hydrogen-bond acceptors (Lipinski definition) is 4. The Bertz CT molecular complexity index is 598. The lowest BCUT2D eigenvalue weighted by Gasteiger charge is -2.17. The van der Waals surface area contributed by atoms with Crippen molar-refractivity contribution in [1.82, 2.24) is 10.2 Å². The van der Waals surface area contributed by atoms with Gasteiger partial charge in [0.1, 0.15) is 5.75 Å². The molecule has 2 aliphatic rings. The molecule has 1 aromatic rings. The molecule has 0 saturated carbocycles. The van der Waals surface area contributed by atoms with E-state index in [4.69, 9.17) is 9.47 Å². The molecule has 3 rings (SSSR count). The van der Waals surface area contributed by atoms with Crippen molar-refractivity contribution in [1.29, 1.82) is 0 Å². The fourth-order valence-electron chi connectivity index (χ4n) is 3.26. The summed E-state index contributed by atoms with van der Waals surface area (Å²) in [4.78, 5) is 26.2. The zero-order chi connectivity index (χ0) is 16.9. The van der Waals surface area contributed by atoms with E-state index in [1.54, 1.807) is 12.0 Å². The summed E-state index contributed by atoms with van der Waals surface area (Å²) < 4.78 is 10.7. The summed E-state index contributed by atoms with van der Waals surface area (Å²) in [5, 5.41) is 2.93. The van der Waals surface area contributed by atoms with Crippen molar-refractivity contribution >= 4 is 11.8 Å². The number of ether oxygens (including phenoxy) is 2. The molecule has 2 atom stereocenters. The highest BCUT2D eigenvalue weighted by Crippen LogP contribution is 2.22. The Morgan fingerprint density at radius 2 is 2.33 bits per heavy atom. The van der Waals surface area contributed by atoms with E-state index in [1.165, 1.54) is 0 Å². The van der Waals surface area contributed by atoms with Gasteiger partial charge in [0.15, 0.2) is 0 Å². The second-order valence-electron chi connectivity index (χ2n) is 6.41. The van der Waals surface area contributed by atoms with Crippen molar-refractivity contribution in [3.05, 3.63) is 29.8 Å². The molecule has 130 valence electrons. The second-order valence-corrected chi connectivity index (χ2v) is 6.41. The molecule has 0 unspecified atom stereocenters. The number of methoxy groups -OCH3 is 1. The van der Waals surface area contributed by atoms with Gasteiger partial charge in [-0.05, 0) is 30.5 Å². The number of nitrogens with one attached hydrogen (secondary N) is 1. The molecular weight excluding hydrogens is 308 g/mol. The quantitative estimate of drug-likeness (QED) is 0.854. The number of nitrogens with zero attached hydrogens (tertiary/aromatic N) is 1. The van der Waals surface area contributed by atoms with E-state index >= 15 is 0 Å². The van der Waals surface area contributed by atoms with Crippen LogP contribution in [0.3, 0.4) is 0 Å². The number of rotatable bonds is 6. The highest BCUT2D eigenvalue weighted by atomic mass is 16.5. The Kier molecular flexibility index (Phi) is 5.35. The van der Waals surface area contributed by atoms with E-state index in [-0.39, 0.29) is 30.3 Å². The lowest BCUT2D eigenvalue weighted by molar-refractivity contribution is -0.129. The third-order valence-corrected chi connectivity index (χ3v) is 4.62. The van der Waals surface area contributed by atoms with Crippen molar-refractivity contribution in [3.63, 3.8) is 0 Å². The van der Waals surface area contributed by atoms with Crippen molar-refractivity contribution < 1.29 is 19.1 Å². The third kappa shape index (κ3) is 4.06. The normalized spacial score (nSPS) is 23.5. The fourth-order valence-corrected chi connectivity index (χ4v) is 3.26. The third-order valence-electron chi connectivity index (χ3n) is 4.62. The van der Waals surface area contributed by atoms with Crippen LogP contribution in [0.5, 0.6) is 5.75 Å². The number of amides is 2. The number of carbonyl (C=O) groups excluding carboxylic acids is 2. The Morgan fingerprint density at radius 1 is 1.46 bits per heavy atom. The van der Waals surface area contributed by atoms with E-state index in [0.29, 0.717) is 19.6 Å². The molecule has 2 amide bonds. The van der Waals surface area contributed by atoms with Crippen LogP contribution < -0.4 is 10.1 Å². The summed E-state index contributed by atoms with van der Waals surface area (Å²) in [6, 6.07) is 7.65. The number of benzene rings is 1. The van der Waals surface area contributed by atoms with Crippen LogP contribution in [0.2, 0.25) is 0 Å². The predicted molar refractivity (Wildman–Crippen MR) is 88.5 cm³/mol. The minimum atomic E-state index is -0.274. The van der Waals surface area contributed by atoms with Gasteiger partial charge in [-0.2, -0.15) is 0 Å².